The Balaban J connectivity index is 2.00. The number of carbonyl (C=O) groups is 1. The van der Waals surface area contributed by atoms with Gasteiger partial charge in [-0.15, -0.1) is 0 Å². The molecule has 2 aromatic carbocycles. The summed E-state index contributed by atoms with van der Waals surface area (Å²) < 4.78 is 54.1. The van der Waals surface area contributed by atoms with E-state index in [9.17, 15) is 27.5 Å². The predicted octanol–water partition coefficient (Wildman–Crippen LogP) is 4.62. The van der Waals surface area contributed by atoms with Crippen molar-refractivity contribution in [1.82, 2.24) is 5.01 Å². The molecule has 0 spiro atoms. The van der Waals surface area contributed by atoms with Crippen molar-refractivity contribution in [2.45, 2.75) is 44.5 Å². The minimum atomic E-state index is -5.14. The van der Waals surface area contributed by atoms with Crippen molar-refractivity contribution in [1.29, 1.82) is 0 Å². The number of hydrogen-bond acceptors (Lipinski definition) is 3. The molecule has 1 aliphatic rings. The third kappa shape index (κ3) is 3.89. The van der Waals surface area contributed by atoms with Crippen LogP contribution in [0.3, 0.4) is 0 Å². The van der Waals surface area contributed by atoms with Crippen LogP contribution in [-0.2, 0) is 5.41 Å². The van der Waals surface area contributed by atoms with Gasteiger partial charge in [-0.3, -0.25) is 4.79 Å². The lowest BCUT2D eigenvalue weighted by Crippen LogP contribution is -2.56. The van der Waals surface area contributed by atoms with Gasteiger partial charge in [0.15, 0.2) is 0 Å². The molecule has 1 heterocycles. The Kier molecular flexibility index (Phi) is 5.03. The first-order valence-corrected chi connectivity index (χ1v) is 8.90. The summed E-state index contributed by atoms with van der Waals surface area (Å²) in [5, 5.41) is 14.2. The number of hydrazone groups is 1. The molecule has 0 saturated heterocycles. The average molecular weight is 408 g/mol. The number of hydrogen-bond donors (Lipinski definition) is 1. The number of nitrogens with zero attached hydrogens (tertiary/aromatic N) is 2. The summed E-state index contributed by atoms with van der Waals surface area (Å²) in [6.07, 6.45) is -6.09. The molecule has 0 saturated carbocycles. The van der Waals surface area contributed by atoms with Crippen molar-refractivity contribution in [3.63, 3.8) is 0 Å². The molecule has 0 fully saturated rings. The second-order valence-corrected chi connectivity index (χ2v) is 7.99. The molecule has 1 N–H and O–H groups in total. The van der Waals surface area contributed by atoms with E-state index in [-0.39, 0.29) is 27.3 Å². The summed E-state index contributed by atoms with van der Waals surface area (Å²) in [4.78, 5) is 12.8. The first-order valence-electron chi connectivity index (χ1n) is 8.90. The van der Waals surface area contributed by atoms with E-state index in [1.165, 1.54) is 24.3 Å². The lowest BCUT2D eigenvalue weighted by Gasteiger charge is -2.32. The fourth-order valence-electron chi connectivity index (χ4n) is 3.02. The molecule has 8 heteroatoms. The van der Waals surface area contributed by atoms with E-state index in [0.29, 0.717) is 0 Å². The van der Waals surface area contributed by atoms with Crippen LogP contribution in [0.2, 0.25) is 0 Å². The van der Waals surface area contributed by atoms with E-state index in [2.05, 4.69) is 5.10 Å². The molecule has 0 aromatic heterocycles. The van der Waals surface area contributed by atoms with Crippen molar-refractivity contribution < 1.29 is 27.5 Å². The third-order valence-electron chi connectivity index (χ3n) is 4.81. The summed E-state index contributed by atoms with van der Waals surface area (Å²) >= 11 is 0. The Hall–Kier alpha value is -2.74. The summed E-state index contributed by atoms with van der Waals surface area (Å²) in [5.74, 6) is -1.65. The highest BCUT2D eigenvalue weighted by Gasteiger charge is 2.63. The molecule has 4 nitrogen and oxygen atoms in total. The summed E-state index contributed by atoms with van der Waals surface area (Å²) in [5.41, 5.74) is -2.80. The minimum absolute atomic E-state index is 0.0372. The molecule has 29 heavy (non-hydrogen) atoms. The molecule has 0 bridgehead atoms. The van der Waals surface area contributed by atoms with Gasteiger partial charge < -0.3 is 5.11 Å². The smallest absolute Gasteiger partial charge is 0.362 e. The first kappa shape index (κ1) is 21.0. The Morgan fingerprint density at radius 2 is 1.59 bits per heavy atom. The zero-order valence-corrected chi connectivity index (χ0v) is 16.1. The standard InChI is InChI=1S/C21H20F4N2O2/c1-19(2,3)15-8-4-14(5-9-15)18(28)27-20(29,21(23,24)25)12-17(26-27)13-6-10-16(22)11-7-13/h4-11,29H,12H2,1-3H3/t20-/m0/s1. The van der Waals surface area contributed by atoms with Crippen molar-refractivity contribution in [3.05, 3.63) is 71.0 Å². The average Bonchev–Trinajstić information content (AvgIpc) is 3.00. The van der Waals surface area contributed by atoms with Gasteiger partial charge in [0.2, 0.25) is 0 Å². The number of amides is 1. The lowest BCUT2D eigenvalue weighted by molar-refractivity contribution is -0.297. The van der Waals surface area contributed by atoms with E-state index >= 15 is 0 Å². The molecule has 1 atom stereocenters. The first-order chi connectivity index (χ1) is 13.3. The van der Waals surface area contributed by atoms with Gasteiger partial charge in [0.05, 0.1) is 12.1 Å². The Morgan fingerprint density at radius 3 is 2.07 bits per heavy atom. The van der Waals surface area contributed by atoms with Crippen molar-refractivity contribution >= 4 is 11.6 Å². The lowest BCUT2D eigenvalue weighted by atomic mass is 9.86. The van der Waals surface area contributed by atoms with Crippen LogP contribution in [0.5, 0.6) is 0 Å². The summed E-state index contributed by atoms with van der Waals surface area (Å²) in [6, 6.07) is 10.8. The van der Waals surface area contributed by atoms with Gasteiger partial charge >= 0.3 is 6.18 Å². The Bertz CT molecular complexity index is 945. The number of alkyl halides is 3. The second kappa shape index (κ2) is 6.95. The highest BCUT2D eigenvalue weighted by molar-refractivity contribution is 6.05. The number of rotatable bonds is 2. The van der Waals surface area contributed by atoms with Gasteiger partial charge in [-0.1, -0.05) is 45.0 Å². The van der Waals surface area contributed by atoms with E-state index in [1.807, 2.05) is 20.8 Å². The van der Waals surface area contributed by atoms with Gasteiger partial charge in [-0.05, 0) is 40.8 Å². The van der Waals surface area contributed by atoms with Crippen LogP contribution >= 0.6 is 0 Å². The minimum Gasteiger partial charge on any atom is -0.362 e. The molecule has 0 unspecified atom stereocenters. The number of carbonyl (C=O) groups excluding carboxylic acids is 1. The van der Waals surface area contributed by atoms with Gasteiger partial charge in [-0.25, -0.2) is 4.39 Å². The second-order valence-electron chi connectivity index (χ2n) is 7.99. The van der Waals surface area contributed by atoms with Crippen LogP contribution in [0, 0.1) is 5.82 Å². The van der Waals surface area contributed by atoms with Crippen molar-refractivity contribution in [2.75, 3.05) is 0 Å². The molecule has 3 rings (SSSR count). The number of benzene rings is 2. The largest absolute Gasteiger partial charge is 0.438 e. The van der Waals surface area contributed by atoms with E-state index < -0.39 is 30.0 Å². The molecular formula is C21H20F4N2O2. The quantitative estimate of drug-likeness (QED) is 0.737. The topological polar surface area (TPSA) is 52.9 Å². The van der Waals surface area contributed by atoms with Crippen LogP contribution in [0.15, 0.2) is 53.6 Å². The highest BCUT2D eigenvalue weighted by Crippen LogP contribution is 2.42. The molecule has 2 aromatic rings. The maximum absolute atomic E-state index is 13.7. The van der Waals surface area contributed by atoms with E-state index in [0.717, 1.165) is 17.7 Å². The molecule has 0 radical (unpaired) electrons. The zero-order valence-electron chi connectivity index (χ0n) is 16.1. The molecular weight excluding hydrogens is 388 g/mol. The predicted molar refractivity (Wildman–Crippen MR) is 99.9 cm³/mol. The normalized spacial score (nSPS) is 20.0. The molecule has 1 amide bonds. The molecule has 0 aliphatic carbocycles. The monoisotopic (exact) mass is 408 g/mol. The summed E-state index contributed by atoms with van der Waals surface area (Å²) in [6.45, 7) is 5.89. The maximum Gasteiger partial charge on any atom is 0.438 e. The van der Waals surface area contributed by atoms with Crippen LogP contribution in [0.1, 0.15) is 48.7 Å². The highest BCUT2D eigenvalue weighted by atomic mass is 19.4. The van der Waals surface area contributed by atoms with Crippen molar-refractivity contribution in [2.24, 2.45) is 5.10 Å². The number of halogens is 4. The van der Waals surface area contributed by atoms with Gasteiger partial charge in [0.1, 0.15) is 5.82 Å². The van der Waals surface area contributed by atoms with Gasteiger partial charge in [0, 0.05) is 5.56 Å². The SMILES string of the molecule is CC(C)(C)c1ccc(C(=O)N2N=C(c3ccc(F)cc3)C[C@]2(O)C(F)(F)F)cc1. The Labute approximate surface area is 165 Å². The van der Waals surface area contributed by atoms with Gasteiger partial charge in [-0.2, -0.15) is 23.3 Å². The third-order valence-corrected chi connectivity index (χ3v) is 4.81. The fourth-order valence-corrected chi connectivity index (χ4v) is 3.02. The molecule has 154 valence electrons. The van der Waals surface area contributed by atoms with E-state index in [1.54, 1.807) is 12.1 Å². The zero-order chi connectivity index (χ0) is 21.6. The Morgan fingerprint density at radius 1 is 1.03 bits per heavy atom. The van der Waals surface area contributed by atoms with Crippen LogP contribution < -0.4 is 0 Å². The molecule has 1 aliphatic heterocycles. The number of aliphatic hydroxyl groups is 1. The fraction of sp³-hybridized carbons (Fsp3) is 0.333. The van der Waals surface area contributed by atoms with Crippen molar-refractivity contribution in [3.8, 4) is 0 Å². The maximum atomic E-state index is 13.7. The van der Waals surface area contributed by atoms with E-state index in [4.69, 9.17) is 0 Å². The van der Waals surface area contributed by atoms with Crippen LogP contribution in [0.4, 0.5) is 17.6 Å². The summed E-state index contributed by atoms with van der Waals surface area (Å²) in [7, 11) is 0. The van der Waals surface area contributed by atoms with Crippen LogP contribution in [-0.4, -0.2) is 33.6 Å². The van der Waals surface area contributed by atoms with Crippen LogP contribution in [0.25, 0.3) is 0 Å². The van der Waals surface area contributed by atoms with Gasteiger partial charge in [0.25, 0.3) is 11.6 Å².